The zero-order valence-corrected chi connectivity index (χ0v) is 10.6. The molecule has 1 fully saturated rings. The van der Waals surface area contributed by atoms with Crippen LogP contribution in [0.1, 0.15) is 31.7 Å². The fourth-order valence-electron chi connectivity index (χ4n) is 2.29. The van der Waals surface area contributed by atoms with Crippen LogP contribution in [0.2, 0.25) is 0 Å². The van der Waals surface area contributed by atoms with E-state index in [-0.39, 0.29) is 5.84 Å². The molecule has 0 spiro atoms. The SMILES string of the molecule is CC1CCCN(c2nnccc2/C(N)=N/O)CC1. The molecule has 0 aromatic carbocycles. The van der Waals surface area contributed by atoms with Gasteiger partial charge in [0.15, 0.2) is 11.7 Å². The molecule has 0 radical (unpaired) electrons. The van der Waals surface area contributed by atoms with Gasteiger partial charge in [-0.1, -0.05) is 12.1 Å². The lowest BCUT2D eigenvalue weighted by Gasteiger charge is -2.22. The largest absolute Gasteiger partial charge is 0.409 e. The van der Waals surface area contributed by atoms with E-state index in [0.29, 0.717) is 11.4 Å². The standard InChI is InChI=1S/C12H19N5O/c1-9-3-2-7-17(8-5-9)12-10(11(13)16-18)4-6-14-15-12/h4,6,9,18H,2-3,5,7-8H2,1H3,(H2,13,16). The third-order valence-electron chi connectivity index (χ3n) is 3.40. The van der Waals surface area contributed by atoms with Crippen LogP contribution < -0.4 is 10.6 Å². The van der Waals surface area contributed by atoms with E-state index in [9.17, 15) is 0 Å². The Morgan fingerprint density at radius 1 is 1.50 bits per heavy atom. The molecule has 1 atom stereocenters. The van der Waals surface area contributed by atoms with E-state index >= 15 is 0 Å². The maximum Gasteiger partial charge on any atom is 0.173 e. The molecule has 1 unspecified atom stereocenters. The molecule has 1 aromatic heterocycles. The van der Waals surface area contributed by atoms with Crippen molar-refractivity contribution in [3.05, 3.63) is 17.8 Å². The van der Waals surface area contributed by atoms with E-state index in [0.717, 1.165) is 31.8 Å². The summed E-state index contributed by atoms with van der Waals surface area (Å²) in [5.41, 5.74) is 6.31. The minimum atomic E-state index is 0.0807. The third-order valence-corrected chi connectivity index (χ3v) is 3.40. The van der Waals surface area contributed by atoms with Crippen molar-refractivity contribution in [2.24, 2.45) is 16.8 Å². The number of hydrogen-bond acceptors (Lipinski definition) is 5. The van der Waals surface area contributed by atoms with Crippen molar-refractivity contribution in [3.8, 4) is 0 Å². The van der Waals surface area contributed by atoms with Gasteiger partial charge in [0.1, 0.15) is 0 Å². The molecule has 1 aliphatic rings. The highest BCUT2D eigenvalue weighted by molar-refractivity contribution is 6.01. The predicted octanol–water partition coefficient (Wildman–Crippen LogP) is 1.20. The quantitative estimate of drug-likeness (QED) is 0.356. The lowest BCUT2D eigenvalue weighted by atomic mass is 10.0. The van der Waals surface area contributed by atoms with Crippen molar-refractivity contribution in [1.29, 1.82) is 0 Å². The molecule has 0 saturated carbocycles. The number of nitrogens with two attached hydrogens (primary N) is 1. The van der Waals surface area contributed by atoms with E-state index < -0.39 is 0 Å². The summed E-state index contributed by atoms with van der Waals surface area (Å²) in [6.07, 6.45) is 5.05. The van der Waals surface area contributed by atoms with Crippen molar-refractivity contribution in [2.75, 3.05) is 18.0 Å². The Hall–Kier alpha value is -1.85. The van der Waals surface area contributed by atoms with Gasteiger partial charge in [-0.25, -0.2) is 0 Å². The van der Waals surface area contributed by atoms with Gasteiger partial charge in [-0.2, -0.15) is 5.10 Å². The third kappa shape index (κ3) is 2.69. The van der Waals surface area contributed by atoms with Crippen molar-refractivity contribution in [1.82, 2.24) is 10.2 Å². The molecule has 0 aliphatic carbocycles. The first-order valence-corrected chi connectivity index (χ1v) is 6.27. The molecular formula is C12H19N5O. The van der Waals surface area contributed by atoms with Crippen LogP contribution in [0, 0.1) is 5.92 Å². The Labute approximate surface area is 106 Å². The summed E-state index contributed by atoms with van der Waals surface area (Å²) in [4.78, 5) is 2.17. The van der Waals surface area contributed by atoms with Gasteiger partial charge < -0.3 is 15.8 Å². The smallest absolute Gasteiger partial charge is 0.173 e. The number of hydrogen-bond donors (Lipinski definition) is 2. The van der Waals surface area contributed by atoms with Crippen LogP contribution in [-0.4, -0.2) is 34.3 Å². The van der Waals surface area contributed by atoms with Gasteiger partial charge in [0.2, 0.25) is 0 Å². The van der Waals surface area contributed by atoms with E-state index in [1.807, 2.05) is 0 Å². The van der Waals surface area contributed by atoms with Gasteiger partial charge in [0.25, 0.3) is 0 Å². The number of amidine groups is 1. The van der Waals surface area contributed by atoms with E-state index in [1.54, 1.807) is 12.3 Å². The second-order valence-electron chi connectivity index (χ2n) is 4.78. The summed E-state index contributed by atoms with van der Waals surface area (Å²) >= 11 is 0. The van der Waals surface area contributed by atoms with E-state index in [2.05, 4.69) is 27.2 Å². The van der Waals surface area contributed by atoms with Crippen molar-refractivity contribution in [3.63, 3.8) is 0 Å². The summed E-state index contributed by atoms with van der Waals surface area (Å²) in [6.45, 7) is 4.14. The van der Waals surface area contributed by atoms with Crippen LogP contribution in [0.3, 0.4) is 0 Å². The van der Waals surface area contributed by atoms with Gasteiger partial charge in [-0.15, -0.1) is 5.10 Å². The first-order valence-electron chi connectivity index (χ1n) is 6.27. The van der Waals surface area contributed by atoms with Crippen LogP contribution in [0.25, 0.3) is 0 Å². The highest BCUT2D eigenvalue weighted by Gasteiger charge is 2.19. The Morgan fingerprint density at radius 3 is 3.11 bits per heavy atom. The van der Waals surface area contributed by atoms with Crippen molar-refractivity contribution < 1.29 is 5.21 Å². The summed E-state index contributed by atoms with van der Waals surface area (Å²) in [5, 5.41) is 19.9. The zero-order chi connectivity index (χ0) is 13.0. The van der Waals surface area contributed by atoms with Crippen LogP contribution in [0.5, 0.6) is 0 Å². The summed E-state index contributed by atoms with van der Waals surface area (Å²) in [5.74, 6) is 1.53. The van der Waals surface area contributed by atoms with Crippen LogP contribution in [-0.2, 0) is 0 Å². The number of aromatic nitrogens is 2. The molecule has 1 aromatic rings. The lowest BCUT2D eigenvalue weighted by Crippen LogP contribution is -2.29. The number of oxime groups is 1. The Bertz CT molecular complexity index is 434. The van der Waals surface area contributed by atoms with Gasteiger partial charge >= 0.3 is 0 Å². The van der Waals surface area contributed by atoms with Crippen LogP contribution >= 0.6 is 0 Å². The second-order valence-corrected chi connectivity index (χ2v) is 4.78. The average Bonchev–Trinajstić information content (AvgIpc) is 2.62. The molecule has 98 valence electrons. The molecular weight excluding hydrogens is 230 g/mol. The number of anilines is 1. The highest BCUT2D eigenvalue weighted by atomic mass is 16.4. The monoisotopic (exact) mass is 249 g/mol. The zero-order valence-electron chi connectivity index (χ0n) is 10.6. The van der Waals surface area contributed by atoms with Crippen molar-refractivity contribution >= 4 is 11.7 Å². The van der Waals surface area contributed by atoms with E-state index in [1.165, 1.54) is 6.42 Å². The maximum absolute atomic E-state index is 8.80. The summed E-state index contributed by atoms with van der Waals surface area (Å²) in [6, 6.07) is 1.73. The Balaban J connectivity index is 2.27. The molecule has 18 heavy (non-hydrogen) atoms. The maximum atomic E-state index is 8.80. The first kappa shape index (κ1) is 12.6. The van der Waals surface area contributed by atoms with Crippen LogP contribution in [0.4, 0.5) is 5.82 Å². The average molecular weight is 249 g/mol. The van der Waals surface area contributed by atoms with Gasteiger partial charge in [0, 0.05) is 13.1 Å². The molecule has 2 rings (SSSR count). The van der Waals surface area contributed by atoms with Gasteiger partial charge in [-0.05, 0) is 31.2 Å². The Morgan fingerprint density at radius 2 is 2.33 bits per heavy atom. The highest BCUT2D eigenvalue weighted by Crippen LogP contribution is 2.22. The van der Waals surface area contributed by atoms with Crippen LogP contribution in [0.15, 0.2) is 17.4 Å². The molecule has 0 amide bonds. The lowest BCUT2D eigenvalue weighted by molar-refractivity contribution is 0.318. The Kier molecular flexibility index (Phi) is 3.96. The van der Waals surface area contributed by atoms with E-state index in [4.69, 9.17) is 10.9 Å². The predicted molar refractivity (Wildman–Crippen MR) is 69.8 cm³/mol. The summed E-state index contributed by atoms with van der Waals surface area (Å²) < 4.78 is 0. The first-order chi connectivity index (χ1) is 8.72. The molecule has 0 bridgehead atoms. The number of rotatable bonds is 2. The topological polar surface area (TPSA) is 87.6 Å². The normalized spacial score (nSPS) is 21.7. The summed E-state index contributed by atoms with van der Waals surface area (Å²) in [7, 11) is 0. The minimum absolute atomic E-state index is 0.0807. The molecule has 1 saturated heterocycles. The van der Waals surface area contributed by atoms with Gasteiger partial charge in [-0.3, -0.25) is 0 Å². The molecule has 6 heteroatoms. The minimum Gasteiger partial charge on any atom is -0.409 e. The molecule has 1 aliphatic heterocycles. The molecule has 3 N–H and O–H groups in total. The number of nitrogens with zero attached hydrogens (tertiary/aromatic N) is 4. The fraction of sp³-hybridized carbons (Fsp3) is 0.583. The molecule has 2 heterocycles. The molecule has 6 nitrogen and oxygen atoms in total. The second kappa shape index (κ2) is 5.66. The van der Waals surface area contributed by atoms with Crippen molar-refractivity contribution in [2.45, 2.75) is 26.2 Å². The fourth-order valence-corrected chi connectivity index (χ4v) is 2.29. The van der Waals surface area contributed by atoms with Gasteiger partial charge in [0.05, 0.1) is 11.8 Å².